The highest BCUT2D eigenvalue weighted by atomic mass is 79.9. The lowest BCUT2D eigenvalue weighted by Crippen LogP contribution is -2.54. The van der Waals surface area contributed by atoms with Crippen molar-refractivity contribution in [3.05, 3.63) is 28.2 Å². The molecule has 1 unspecified atom stereocenters. The Balaban J connectivity index is 2.13. The maximum absolute atomic E-state index is 12.1. The molecule has 116 valence electrons. The van der Waals surface area contributed by atoms with Crippen LogP contribution < -0.4 is 10.1 Å². The number of carbonyl (C=O) groups is 1. The third-order valence-corrected chi connectivity index (χ3v) is 4.31. The summed E-state index contributed by atoms with van der Waals surface area (Å²) in [6, 6.07) is 5.63. The first-order valence-electron chi connectivity index (χ1n) is 7.09. The first-order chi connectivity index (χ1) is 10.2. The van der Waals surface area contributed by atoms with Gasteiger partial charge in [-0.15, -0.1) is 0 Å². The van der Waals surface area contributed by atoms with Gasteiger partial charge in [0.05, 0.1) is 13.7 Å². The number of piperazine rings is 1. The Morgan fingerprint density at radius 1 is 1.52 bits per heavy atom. The number of halogens is 1. The molecule has 21 heavy (non-hydrogen) atoms. The van der Waals surface area contributed by atoms with Crippen LogP contribution in [0.3, 0.4) is 0 Å². The van der Waals surface area contributed by atoms with Gasteiger partial charge >= 0.3 is 5.97 Å². The van der Waals surface area contributed by atoms with Crippen LogP contribution in [0, 0.1) is 0 Å². The van der Waals surface area contributed by atoms with Crippen LogP contribution in [0.5, 0.6) is 5.75 Å². The third-order valence-electron chi connectivity index (χ3n) is 3.54. The van der Waals surface area contributed by atoms with Gasteiger partial charge in [0, 0.05) is 30.7 Å². The molecule has 0 saturated carbocycles. The molecule has 1 aromatic carbocycles. The SMILES string of the molecule is CCOC(=O)C1CNCCN1Cc1cc(OC)ccc1Br. The Morgan fingerprint density at radius 3 is 3.05 bits per heavy atom. The van der Waals surface area contributed by atoms with Crippen molar-refractivity contribution < 1.29 is 14.3 Å². The van der Waals surface area contributed by atoms with Crippen molar-refractivity contribution in [3.63, 3.8) is 0 Å². The predicted molar refractivity (Wildman–Crippen MR) is 84.4 cm³/mol. The molecule has 0 bridgehead atoms. The zero-order valence-corrected chi connectivity index (χ0v) is 14.0. The van der Waals surface area contributed by atoms with Crippen molar-refractivity contribution in [2.75, 3.05) is 33.4 Å². The second-order valence-corrected chi connectivity index (χ2v) is 5.75. The summed E-state index contributed by atoms with van der Waals surface area (Å²) in [6.07, 6.45) is 0. The lowest BCUT2D eigenvalue weighted by molar-refractivity contribution is -0.150. The Bertz CT molecular complexity index is 496. The summed E-state index contributed by atoms with van der Waals surface area (Å²) in [7, 11) is 1.65. The lowest BCUT2D eigenvalue weighted by Gasteiger charge is -2.34. The van der Waals surface area contributed by atoms with Crippen molar-refractivity contribution in [3.8, 4) is 5.75 Å². The monoisotopic (exact) mass is 356 g/mol. The summed E-state index contributed by atoms with van der Waals surface area (Å²) in [4.78, 5) is 14.2. The van der Waals surface area contributed by atoms with E-state index in [0.29, 0.717) is 19.7 Å². The van der Waals surface area contributed by atoms with E-state index < -0.39 is 0 Å². The summed E-state index contributed by atoms with van der Waals surface area (Å²) in [5.74, 6) is 0.653. The van der Waals surface area contributed by atoms with Gasteiger partial charge < -0.3 is 14.8 Å². The number of nitrogens with one attached hydrogen (secondary N) is 1. The first kappa shape index (κ1) is 16.3. The fraction of sp³-hybridized carbons (Fsp3) is 0.533. The Hall–Kier alpha value is -1.11. The van der Waals surface area contributed by atoms with Crippen LogP contribution in [0.1, 0.15) is 12.5 Å². The molecule has 0 amide bonds. The molecule has 1 heterocycles. The van der Waals surface area contributed by atoms with E-state index in [1.807, 2.05) is 25.1 Å². The van der Waals surface area contributed by atoms with E-state index >= 15 is 0 Å². The average molecular weight is 357 g/mol. The van der Waals surface area contributed by atoms with E-state index in [0.717, 1.165) is 28.9 Å². The van der Waals surface area contributed by atoms with Crippen molar-refractivity contribution in [2.24, 2.45) is 0 Å². The molecule has 1 aliphatic rings. The summed E-state index contributed by atoms with van der Waals surface area (Å²) in [6.45, 7) is 5.23. The molecule has 2 rings (SSSR count). The van der Waals surface area contributed by atoms with Gasteiger partial charge in [0.2, 0.25) is 0 Å². The number of hydrogen-bond acceptors (Lipinski definition) is 5. The Morgan fingerprint density at radius 2 is 2.33 bits per heavy atom. The fourth-order valence-electron chi connectivity index (χ4n) is 2.42. The molecular formula is C15H21BrN2O3. The number of ether oxygens (including phenoxy) is 2. The van der Waals surface area contributed by atoms with Gasteiger partial charge in [-0.25, -0.2) is 0 Å². The minimum Gasteiger partial charge on any atom is -0.497 e. The molecule has 0 aromatic heterocycles. The zero-order chi connectivity index (χ0) is 15.2. The normalized spacial score (nSPS) is 19.3. The molecule has 1 atom stereocenters. The van der Waals surface area contributed by atoms with Crippen molar-refractivity contribution in [1.29, 1.82) is 0 Å². The quantitative estimate of drug-likeness (QED) is 0.815. The highest BCUT2D eigenvalue weighted by molar-refractivity contribution is 9.10. The molecule has 0 aliphatic carbocycles. The number of nitrogens with zero attached hydrogens (tertiary/aromatic N) is 1. The largest absolute Gasteiger partial charge is 0.497 e. The molecule has 6 heteroatoms. The maximum Gasteiger partial charge on any atom is 0.324 e. The van der Waals surface area contributed by atoms with Crippen LogP contribution in [0.4, 0.5) is 0 Å². The summed E-state index contributed by atoms with van der Waals surface area (Å²) in [5, 5.41) is 3.25. The average Bonchev–Trinajstić information content (AvgIpc) is 2.50. The molecule has 1 saturated heterocycles. The van der Waals surface area contributed by atoms with Gasteiger partial charge in [0.25, 0.3) is 0 Å². The van der Waals surface area contributed by atoms with E-state index in [1.165, 1.54) is 0 Å². The zero-order valence-electron chi connectivity index (χ0n) is 12.4. The number of hydrogen-bond donors (Lipinski definition) is 1. The topological polar surface area (TPSA) is 50.8 Å². The minimum atomic E-state index is -0.239. The summed E-state index contributed by atoms with van der Waals surface area (Å²) < 4.78 is 11.5. The maximum atomic E-state index is 12.1. The summed E-state index contributed by atoms with van der Waals surface area (Å²) in [5.41, 5.74) is 1.10. The number of rotatable bonds is 5. The van der Waals surface area contributed by atoms with Crippen molar-refractivity contribution in [2.45, 2.75) is 19.5 Å². The second kappa shape index (κ2) is 7.77. The molecule has 5 nitrogen and oxygen atoms in total. The van der Waals surface area contributed by atoms with Gasteiger partial charge in [-0.05, 0) is 30.7 Å². The molecule has 0 spiro atoms. The standard InChI is InChI=1S/C15H21BrN2O3/c1-3-21-15(19)14-9-17-6-7-18(14)10-11-8-12(20-2)4-5-13(11)16/h4-5,8,14,17H,3,6-7,9-10H2,1-2H3. The van der Waals surface area contributed by atoms with Crippen LogP contribution in [0.15, 0.2) is 22.7 Å². The molecular weight excluding hydrogens is 336 g/mol. The van der Waals surface area contributed by atoms with Gasteiger partial charge in [-0.3, -0.25) is 9.69 Å². The fourth-order valence-corrected chi connectivity index (χ4v) is 2.80. The van der Waals surface area contributed by atoms with Crippen LogP contribution in [0.25, 0.3) is 0 Å². The molecule has 1 fully saturated rings. The van der Waals surface area contributed by atoms with Gasteiger partial charge in [0.15, 0.2) is 0 Å². The number of carbonyl (C=O) groups excluding carboxylic acids is 1. The van der Waals surface area contributed by atoms with Crippen LogP contribution in [-0.2, 0) is 16.1 Å². The Kier molecular flexibility index (Phi) is 6.02. The van der Waals surface area contributed by atoms with Gasteiger partial charge in [0.1, 0.15) is 11.8 Å². The van der Waals surface area contributed by atoms with E-state index in [-0.39, 0.29) is 12.0 Å². The molecule has 1 aromatic rings. The van der Waals surface area contributed by atoms with E-state index in [2.05, 4.69) is 26.1 Å². The van der Waals surface area contributed by atoms with E-state index in [1.54, 1.807) is 7.11 Å². The summed E-state index contributed by atoms with van der Waals surface area (Å²) >= 11 is 3.56. The van der Waals surface area contributed by atoms with Gasteiger partial charge in [-0.2, -0.15) is 0 Å². The number of benzene rings is 1. The van der Waals surface area contributed by atoms with E-state index in [4.69, 9.17) is 9.47 Å². The van der Waals surface area contributed by atoms with Crippen LogP contribution >= 0.6 is 15.9 Å². The smallest absolute Gasteiger partial charge is 0.324 e. The van der Waals surface area contributed by atoms with Crippen LogP contribution in [0.2, 0.25) is 0 Å². The van der Waals surface area contributed by atoms with Crippen LogP contribution in [-0.4, -0.2) is 50.3 Å². The Labute approximate surface area is 133 Å². The molecule has 1 aliphatic heterocycles. The molecule has 1 N–H and O–H groups in total. The van der Waals surface area contributed by atoms with Crippen molar-refractivity contribution in [1.82, 2.24) is 10.2 Å². The number of methoxy groups -OCH3 is 1. The lowest BCUT2D eigenvalue weighted by atomic mass is 10.1. The van der Waals surface area contributed by atoms with Crippen molar-refractivity contribution >= 4 is 21.9 Å². The highest BCUT2D eigenvalue weighted by Gasteiger charge is 2.30. The predicted octanol–water partition coefficient (Wildman–Crippen LogP) is 1.79. The number of esters is 1. The van der Waals surface area contributed by atoms with Gasteiger partial charge in [-0.1, -0.05) is 15.9 Å². The second-order valence-electron chi connectivity index (χ2n) is 4.90. The van der Waals surface area contributed by atoms with E-state index in [9.17, 15) is 4.79 Å². The third kappa shape index (κ3) is 4.18. The highest BCUT2D eigenvalue weighted by Crippen LogP contribution is 2.24. The minimum absolute atomic E-state index is 0.163. The first-order valence-corrected chi connectivity index (χ1v) is 7.88. The molecule has 0 radical (unpaired) electrons.